The summed E-state index contributed by atoms with van der Waals surface area (Å²) in [5.74, 6) is 0.749. The van der Waals surface area contributed by atoms with E-state index < -0.39 is 0 Å². The van der Waals surface area contributed by atoms with Gasteiger partial charge in [-0.1, -0.05) is 24.8 Å². The predicted octanol–water partition coefficient (Wildman–Crippen LogP) is 3.92. The van der Waals surface area contributed by atoms with Gasteiger partial charge in [-0.25, -0.2) is 4.39 Å². The Bertz CT molecular complexity index is 1180. The molecule has 1 atom stereocenters. The molecule has 2 aliphatic heterocycles. The van der Waals surface area contributed by atoms with Gasteiger partial charge in [0.2, 0.25) is 5.96 Å². The highest BCUT2D eigenvalue weighted by Gasteiger charge is 2.36. The van der Waals surface area contributed by atoms with Crippen LogP contribution in [0.3, 0.4) is 0 Å². The Morgan fingerprint density at radius 2 is 2.09 bits per heavy atom. The molecule has 2 aliphatic rings. The molecule has 1 unspecified atom stereocenters. The maximum atomic E-state index is 13.5. The largest absolute Gasteiger partial charge is 0.495 e. The van der Waals surface area contributed by atoms with Gasteiger partial charge in [-0.15, -0.1) is 0 Å². The van der Waals surface area contributed by atoms with Crippen LogP contribution in [-0.2, 0) is 4.79 Å². The van der Waals surface area contributed by atoms with Crippen molar-refractivity contribution < 1.29 is 13.9 Å². The molecular formula is C26H28FN5O2. The fourth-order valence-electron chi connectivity index (χ4n) is 4.18. The summed E-state index contributed by atoms with van der Waals surface area (Å²) in [6.45, 7) is 6.59. The number of hydrogen-bond acceptors (Lipinski definition) is 6. The van der Waals surface area contributed by atoms with Gasteiger partial charge >= 0.3 is 0 Å². The van der Waals surface area contributed by atoms with Crippen LogP contribution in [0.4, 0.5) is 10.1 Å². The second-order valence-corrected chi connectivity index (χ2v) is 8.15. The number of halogens is 1. The minimum Gasteiger partial charge on any atom is -0.495 e. The van der Waals surface area contributed by atoms with Crippen LogP contribution in [-0.4, -0.2) is 37.0 Å². The molecule has 7 nitrogen and oxygen atoms in total. The summed E-state index contributed by atoms with van der Waals surface area (Å²) in [6.07, 6.45) is 5.92. The third kappa shape index (κ3) is 4.66. The average molecular weight is 462 g/mol. The second kappa shape index (κ2) is 9.82. The number of allylic oxidation sites excluding steroid dienone is 1. The number of hydrogen-bond donors (Lipinski definition) is 2. The molecule has 0 spiro atoms. The summed E-state index contributed by atoms with van der Waals surface area (Å²) < 4.78 is 19.0. The molecule has 2 aromatic carbocycles. The van der Waals surface area contributed by atoms with Crippen molar-refractivity contribution >= 4 is 23.6 Å². The van der Waals surface area contributed by atoms with Crippen LogP contribution in [0.2, 0.25) is 0 Å². The van der Waals surface area contributed by atoms with E-state index in [0.717, 1.165) is 16.8 Å². The Balaban J connectivity index is 1.65. The number of carbonyl (C=O) groups excluding carboxylic acids is 1. The first kappa shape index (κ1) is 23.1. The molecular weight excluding hydrogens is 433 g/mol. The van der Waals surface area contributed by atoms with E-state index in [-0.39, 0.29) is 17.8 Å². The minimum atomic E-state index is -0.304. The number of nitrogens with two attached hydrogens (primary N) is 1. The zero-order chi connectivity index (χ0) is 24.2. The van der Waals surface area contributed by atoms with Gasteiger partial charge in [0, 0.05) is 36.8 Å². The van der Waals surface area contributed by atoms with Crippen LogP contribution in [0, 0.1) is 5.82 Å². The Morgan fingerprint density at radius 3 is 2.76 bits per heavy atom. The number of nitrogens with zero attached hydrogens (tertiary/aromatic N) is 3. The standard InChI is InChI=1S/C26H28FN5O2/c1-4-31(16-17(2)28)23-10-5-18(14-24(23)34-3)13-20-15-30-26-29-12-11-22(32(26)25(20)33)19-6-8-21(27)9-7-19/h4-10,13-14,16,22H,1,11-12,15,28H2,2-3H3,(H,29,30)/b17-16-,20-13+. The van der Waals surface area contributed by atoms with E-state index in [2.05, 4.69) is 16.9 Å². The summed E-state index contributed by atoms with van der Waals surface area (Å²) in [4.78, 5) is 21.4. The van der Waals surface area contributed by atoms with Crippen molar-refractivity contribution in [3.63, 3.8) is 0 Å². The van der Waals surface area contributed by atoms with Crippen molar-refractivity contribution in [2.24, 2.45) is 10.7 Å². The number of guanidine groups is 1. The molecule has 4 rings (SSSR count). The number of nitrogens with one attached hydrogen (secondary N) is 1. The van der Waals surface area contributed by atoms with Gasteiger partial charge in [0.25, 0.3) is 5.91 Å². The Hall–Kier alpha value is -4.07. The topological polar surface area (TPSA) is 83.2 Å². The van der Waals surface area contributed by atoms with Gasteiger partial charge < -0.3 is 20.7 Å². The molecule has 8 heteroatoms. The molecule has 2 heterocycles. The zero-order valence-corrected chi connectivity index (χ0v) is 19.3. The molecule has 34 heavy (non-hydrogen) atoms. The summed E-state index contributed by atoms with van der Waals surface area (Å²) in [5.41, 5.74) is 9.52. The molecule has 2 aromatic rings. The molecule has 1 saturated heterocycles. The maximum absolute atomic E-state index is 13.5. The summed E-state index contributed by atoms with van der Waals surface area (Å²) >= 11 is 0. The first-order valence-electron chi connectivity index (χ1n) is 11.0. The lowest BCUT2D eigenvalue weighted by Crippen LogP contribution is -2.55. The smallest absolute Gasteiger partial charge is 0.258 e. The predicted molar refractivity (Wildman–Crippen MR) is 133 cm³/mol. The number of fused-ring (bicyclic) bond motifs is 1. The number of amides is 1. The monoisotopic (exact) mass is 461 g/mol. The van der Waals surface area contributed by atoms with E-state index in [1.165, 1.54) is 12.1 Å². The number of aliphatic imine (C=N–C) groups is 1. The van der Waals surface area contributed by atoms with Gasteiger partial charge in [-0.3, -0.25) is 14.7 Å². The van der Waals surface area contributed by atoms with Crippen molar-refractivity contribution in [3.8, 4) is 5.75 Å². The first-order chi connectivity index (χ1) is 16.4. The molecule has 1 amide bonds. The van der Waals surface area contributed by atoms with E-state index in [1.54, 1.807) is 48.4 Å². The highest BCUT2D eigenvalue weighted by atomic mass is 19.1. The van der Waals surface area contributed by atoms with Crippen LogP contribution in [0.25, 0.3) is 6.08 Å². The lowest BCUT2D eigenvalue weighted by molar-refractivity contribution is -0.126. The van der Waals surface area contributed by atoms with Gasteiger partial charge in [0.05, 0.1) is 18.8 Å². The van der Waals surface area contributed by atoms with E-state index in [9.17, 15) is 9.18 Å². The molecule has 0 radical (unpaired) electrons. The SMILES string of the molecule is C=CN(/C=C(/C)N)c1ccc(/C=C2\CNC3=NCCC(c4ccc(F)cc4)N3C2=O)cc1OC. The van der Waals surface area contributed by atoms with Crippen molar-refractivity contribution in [2.45, 2.75) is 19.4 Å². The Labute approximate surface area is 198 Å². The average Bonchev–Trinajstić information content (AvgIpc) is 2.84. The Kier molecular flexibility index (Phi) is 6.67. The van der Waals surface area contributed by atoms with Crippen LogP contribution in [0.15, 0.2) is 77.7 Å². The number of anilines is 1. The van der Waals surface area contributed by atoms with Crippen molar-refractivity contribution in [2.75, 3.05) is 25.1 Å². The van der Waals surface area contributed by atoms with Crippen LogP contribution in [0.1, 0.15) is 30.5 Å². The fourth-order valence-corrected chi connectivity index (χ4v) is 4.18. The van der Waals surface area contributed by atoms with E-state index in [4.69, 9.17) is 10.5 Å². The fraction of sp³-hybridized carbons (Fsp3) is 0.231. The zero-order valence-electron chi connectivity index (χ0n) is 19.3. The third-order valence-corrected chi connectivity index (χ3v) is 5.75. The lowest BCUT2D eigenvalue weighted by atomic mass is 9.98. The van der Waals surface area contributed by atoms with Crippen molar-refractivity contribution in [3.05, 3.63) is 89.7 Å². The van der Waals surface area contributed by atoms with Gasteiger partial charge in [0.15, 0.2) is 0 Å². The van der Waals surface area contributed by atoms with E-state index >= 15 is 0 Å². The molecule has 0 bridgehead atoms. The number of methoxy groups -OCH3 is 1. The van der Waals surface area contributed by atoms with Crippen LogP contribution in [0.5, 0.6) is 5.75 Å². The molecule has 1 fully saturated rings. The summed E-state index contributed by atoms with van der Waals surface area (Å²) in [7, 11) is 1.59. The molecule has 3 N–H and O–H groups in total. The minimum absolute atomic E-state index is 0.121. The quantitative estimate of drug-likeness (QED) is 0.637. The molecule has 176 valence electrons. The number of benzene rings is 2. The highest BCUT2D eigenvalue weighted by Crippen LogP contribution is 2.33. The maximum Gasteiger partial charge on any atom is 0.258 e. The second-order valence-electron chi connectivity index (χ2n) is 8.15. The van der Waals surface area contributed by atoms with Crippen molar-refractivity contribution in [1.82, 2.24) is 10.2 Å². The van der Waals surface area contributed by atoms with Gasteiger partial charge in [-0.2, -0.15) is 0 Å². The van der Waals surface area contributed by atoms with Gasteiger partial charge in [-0.05, 0) is 54.8 Å². The van der Waals surface area contributed by atoms with E-state index in [1.807, 2.05) is 24.3 Å². The number of ether oxygens (including phenoxy) is 1. The molecule has 0 aromatic heterocycles. The lowest BCUT2D eigenvalue weighted by Gasteiger charge is -2.39. The molecule has 0 saturated carbocycles. The number of carbonyl (C=O) groups is 1. The highest BCUT2D eigenvalue weighted by molar-refractivity contribution is 6.11. The normalized spacial score (nSPS) is 19.3. The first-order valence-corrected chi connectivity index (χ1v) is 11.0. The summed E-state index contributed by atoms with van der Waals surface area (Å²) in [5, 5.41) is 3.26. The third-order valence-electron chi connectivity index (χ3n) is 5.75. The number of rotatable bonds is 6. The van der Waals surface area contributed by atoms with Gasteiger partial charge in [0.1, 0.15) is 11.6 Å². The van der Waals surface area contributed by atoms with Crippen LogP contribution >= 0.6 is 0 Å². The van der Waals surface area contributed by atoms with Crippen LogP contribution < -0.4 is 20.7 Å². The summed E-state index contributed by atoms with van der Waals surface area (Å²) in [6, 6.07) is 11.7. The molecule has 0 aliphatic carbocycles. The Morgan fingerprint density at radius 1 is 1.32 bits per heavy atom. The van der Waals surface area contributed by atoms with Crippen molar-refractivity contribution in [1.29, 1.82) is 0 Å². The van der Waals surface area contributed by atoms with E-state index in [0.29, 0.717) is 42.5 Å².